The number of anilines is 1. The molecule has 0 saturated carbocycles. The van der Waals surface area contributed by atoms with Crippen molar-refractivity contribution in [3.63, 3.8) is 0 Å². The Morgan fingerprint density at radius 3 is 2.68 bits per heavy atom. The van der Waals surface area contributed by atoms with Crippen molar-refractivity contribution in [3.05, 3.63) is 66.2 Å². The Morgan fingerprint density at radius 1 is 1.15 bits per heavy atom. The molecule has 7 nitrogen and oxygen atoms in total. The first-order chi connectivity index (χ1) is 16.5. The van der Waals surface area contributed by atoms with E-state index in [-0.39, 0.29) is 11.7 Å². The number of hydrogen-bond acceptors (Lipinski definition) is 7. The summed E-state index contributed by atoms with van der Waals surface area (Å²) >= 11 is 1.48. The van der Waals surface area contributed by atoms with Crippen molar-refractivity contribution in [1.29, 1.82) is 0 Å². The molecule has 4 aromatic rings. The second kappa shape index (κ2) is 10.6. The minimum Gasteiger partial charge on any atom is -0.453 e. The molecule has 4 rings (SSSR count). The summed E-state index contributed by atoms with van der Waals surface area (Å²) in [5, 5.41) is 2.90. The van der Waals surface area contributed by atoms with Gasteiger partial charge in [0.25, 0.3) is 0 Å². The van der Waals surface area contributed by atoms with Gasteiger partial charge in [-0.15, -0.1) is 11.3 Å². The predicted molar refractivity (Wildman–Crippen MR) is 132 cm³/mol. The molecule has 0 aliphatic carbocycles. The summed E-state index contributed by atoms with van der Waals surface area (Å²) in [5.41, 5.74) is 3.13. The molecule has 3 aromatic heterocycles. The van der Waals surface area contributed by atoms with Gasteiger partial charge >= 0.3 is 0 Å². The lowest BCUT2D eigenvalue weighted by Gasteiger charge is -2.20. The van der Waals surface area contributed by atoms with Gasteiger partial charge in [-0.1, -0.05) is 6.07 Å². The molecular formula is C25H25FN4O3S. The number of amides is 1. The molecule has 0 fully saturated rings. The average Bonchev–Trinajstić information content (AvgIpc) is 3.28. The van der Waals surface area contributed by atoms with Crippen molar-refractivity contribution in [2.45, 2.75) is 13.5 Å². The third-order valence-corrected chi connectivity index (χ3v) is 6.44. The van der Waals surface area contributed by atoms with Crippen LogP contribution in [-0.2, 0) is 16.1 Å². The number of aromatic nitrogens is 2. The number of halogens is 1. The first-order valence-electron chi connectivity index (χ1n) is 10.7. The van der Waals surface area contributed by atoms with Gasteiger partial charge in [0.05, 0.1) is 27.4 Å². The monoisotopic (exact) mass is 480 g/mol. The van der Waals surface area contributed by atoms with Crippen molar-refractivity contribution < 1.29 is 18.7 Å². The third-order valence-electron chi connectivity index (χ3n) is 5.28. The Morgan fingerprint density at radius 2 is 2.00 bits per heavy atom. The van der Waals surface area contributed by atoms with E-state index < -0.39 is 5.82 Å². The Balaban J connectivity index is 1.56. The van der Waals surface area contributed by atoms with E-state index in [0.29, 0.717) is 31.1 Å². The molecular weight excluding hydrogens is 455 g/mol. The van der Waals surface area contributed by atoms with Crippen LogP contribution in [0.3, 0.4) is 0 Å². The molecule has 1 aromatic carbocycles. The largest absolute Gasteiger partial charge is 0.453 e. The van der Waals surface area contributed by atoms with Gasteiger partial charge in [0.1, 0.15) is 5.75 Å². The number of methoxy groups -OCH3 is 1. The van der Waals surface area contributed by atoms with Crippen molar-refractivity contribution in [2.24, 2.45) is 0 Å². The van der Waals surface area contributed by atoms with Crippen molar-refractivity contribution >= 4 is 33.1 Å². The molecule has 0 spiro atoms. The lowest BCUT2D eigenvalue weighted by Crippen LogP contribution is -2.31. The van der Waals surface area contributed by atoms with E-state index in [0.717, 1.165) is 26.4 Å². The van der Waals surface area contributed by atoms with Gasteiger partial charge < -0.3 is 19.7 Å². The summed E-state index contributed by atoms with van der Waals surface area (Å²) in [6.45, 7) is 3.02. The molecule has 0 aliphatic rings. The lowest BCUT2D eigenvalue weighted by atomic mass is 10.2. The second-order valence-corrected chi connectivity index (χ2v) is 8.67. The zero-order chi connectivity index (χ0) is 24.1. The fourth-order valence-corrected chi connectivity index (χ4v) is 4.45. The van der Waals surface area contributed by atoms with Gasteiger partial charge in [-0.25, -0.2) is 4.39 Å². The average molecular weight is 481 g/mol. The number of hydrogen-bond donors (Lipinski definition) is 1. The molecule has 0 saturated heterocycles. The van der Waals surface area contributed by atoms with E-state index in [2.05, 4.69) is 15.3 Å². The highest BCUT2D eigenvalue weighted by Gasteiger charge is 2.14. The molecule has 176 valence electrons. The van der Waals surface area contributed by atoms with Crippen LogP contribution >= 0.6 is 11.3 Å². The van der Waals surface area contributed by atoms with Gasteiger partial charge in [-0.2, -0.15) is 0 Å². The van der Waals surface area contributed by atoms with Crippen LogP contribution in [-0.4, -0.2) is 48.1 Å². The standard InChI is InChI=1S/C25H25FN4O3S/c1-16(31)30(10-11-32-3)15-17-4-6-20(29-14-17)24-13-21-25(34-24)23(8-9-28-21)33-22-7-5-18(27-2)12-19(22)26/h4-9,12-14,27H,10-11,15H2,1-3H3. The number of thiophene rings is 1. The minimum absolute atomic E-state index is 0.0127. The predicted octanol–water partition coefficient (Wildman–Crippen LogP) is 5.33. The van der Waals surface area contributed by atoms with Crippen molar-refractivity contribution in [2.75, 3.05) is 32.6 Å². The molecule has 1 N–H and O–H groups in total. The fraction of sp³-hybridized carbons (Fsp3) is 0.240. The van der Waals surface area contributed by atoms with Gasteiger partial charge in [-0.3, -0.25) is 14.8 Å². The van der Waals surface area contributed by atoms with Gasteiger partial charge in [0.15, 0.2) is 11.6 Å². The zero-order valence-corrected chi connectivity index (χ0v) is 20.0. The number of nitrogens with one attached hydrogen (secondary N) is 1. The van der Waals surface area contributed by atoms with E-state index in [9.17, 15) is 9.18 Å². The van der Waals surface area contributed by atoms with Crippen LogP contribution in [0, 0.1) is 5.82 Å². The van der Waals surface area contributed by atoms with E-state index in [1.165, 1.54) is 17.4 Å². The second-order valence-electron chi connectivity index (χ2n) is 7.62. The molecule has 9 heteroatoms. The van der Waals surface area contributed by atoms with Crippen molar-refractivity contribution in [1.82, 2.24) is 14.9 Å². The van der Waals surface area contributed by atoms with Crippen molar-refractivity contribution in [3.8, 4) is 22.1 Å². The molecule has 0 bridgehead atoms. The number of pyridine rings is 2. The zero-order valence-electron chi connectivity index (χ0n) is 19.2. The Hall–Kier alpha value is -3.56. The quantitative estimate of drug-likeness (QED) is 0.349. The highest BCUT2D eigenvalue weighted by atomic mass is 32.1. The number of benzene rings is 1. The summed E-state index contributed by atoms with van der Waals surface area (Å²) in [6.07, 6.45) is 3.41. The number of nitrogens with zero attached hydrogens (tertiary/aromatic N) is 3. The smallest absolute Gasteiger partial charge is 0.219 e. The molecule has 34 heavy (non-hydrogen) atoms. The van der Waals surface area contributed by atoms with Crippen LogP contribution in [0.15, 0.2) is 54.9 Å². The first-order valence-corrected chi connectivity index (χ1v) is 11.5. The summed E-state index contributed by atoms with van der Waals surface area (Å²) in [4.78, 5) is 23.5. The van der Waals surface area contributed by atoms with Crippen LogP contribution in [0.25, 0.3) is 20.8 Å². The highest BCUT2D eigenvalue weighted by Crippen LogP contribution is 2.39. The van der Waals surface area contributed by atoms with E-state index in [1.807, 2.05) is 18.2 Å². The number of carbonyl (C=O) groups excluding carboxylic acids is 1. The molecule has 0 unspecified atom stereocenters. The van der Waals surface area contributed by atoms with Gasteiger partial charge in [-0.05, 0) is 29.8 Å². The Labute approximate surface area is 201 Å². The van der Waals surface area contributed by atoms with E-state index in [4.69, 9.17) is 9.47 Å². The molecule has 3 heterocycles. The number of ether oxygens (including phenoxy) is 2. The fourth-order valence-electron chi connectivity index (χ4n) is 3.41. The molecule has 0 aliphatic heterocycles. The van der Waals surface area contributed by atoms with E-state index >= 15 is 0 Å². The number of rotatable bonds is 9. The third kappa shape index (κ3) is 5.32. The van der Waals surface area contributed by atoms with E-state index in [1.54, 1.807) is 56.6 Å². The number of fused-ring (bicyclic) bond motifs is 1. The maximum atomic E-state index is 14.4. The minimum atomic E-state index is -0.448. The Kier molecular flexibility index (Phi) is 7.34. The lowest BCUT2D eigenvalue weighted by molar-refractivity contribution is -0.130. The first kappa shape index (κ1) is 23.6. The van der Waals surface area contributed by atoms with Crippen LogP contribution in [0.2, 0.25) is 0 Å². The summed E-state index contributed by atoms with van der Waals surface area (Å²) < 4.78 is 26.2. The summed E-state index contributed by atoms with van der Waals surface area (Å²) in [5.74, 6) is 0.217. The van der Waals surface area contributed by atoms with Crippen LogP contribution in [0.1, 0.15) is 12.5 Å². The van der Waals surface area contributed by atoms with Crippen LogP contribution in [0.5, 0.6) is 11.5 Å². The molecule has 0 radical (unpaired) electrons. The van der Waals surface area contributed by atoms with Gasteiger partial charge in [0.2, 0.25) is 5.91 Å². The van der Waals surface area contributed by atoms with Crippen LogP contribution < -0.4 is 10.1 Å². The number of carbonyl (C=O) groups is 1. The summed E-state index contributed by atoms with van der Waals surface area (Å²) in [6, 6.07) is 12.3. The summed E-state index contributed by atoms with van der Waals surface area (Å²) in [7, 11) is 3.34. The molecule has 1 amide bonds. The van der Waals surface area contributed by atoms with Gasteiger partial charge in [0, 0.05) is 64.4 Å². The maximum Gasteiger partial charge on any atom is 0.219 e. The maximum absolute atomic E-state index is 14.4. The van der Waals surface area contributed by atoms with Crippen LogP contribution in [0.4, 0.5) is 10.1 Å². The normalized spacial score (nSPS) is 10.9. The highest BCUT2D eigenvalue weighted by molar-refractivity contribution is 7.22. The Bertz CT molecular complexity index is 1290. The molecule has 0 atom stereocenters. The topological polar surface area (TPSA) is 76.6 Å². The SMILES string of the molecule is CNc1ccc(Oc2ccnc3cc(-c4ccc(CN(CCOC)C(C)=O)cn4)sc23)c(F)c1.